The molecule has 23 heteroatoms. The van der Waals surface area contributed by atoms with Crippen LogP contribution < -0.4 is 54.0 Å². The van der Waals surface area contributed by atoms with Crippen LogP contribution in [0.4, 0.5) is 14.4 Å². The Morgan fingerprint density at radius 1 is 0.507 bits per heavy atom. The maximum absolute atomic E-state index is 14.0. The van der Waals surface area contributed by atoms with E-state index in [9.17, 15) is 47.9 Å². The fraction of sp³-hybridized carbons (Fsp3) is 0.577. The van der Waals surface area contributed by atoms with Crippen LogP contribution in [0.15, 0.2) is 60.7 Å². The Morgan fingerprint density at radius 2 is 0.947 bits per heavy atom. The molecule has 0 saturated carbocycles. The Labute approximate surface area is 439 Å². The molecule has 0 spiro atoms. The van der Waals surface area contributed by atoms with Gasteiger partial charge in [0, 0.05) is 19.5 Å². The van der Waals surface area contributed by atoms with Crippen LogP contribution in [0.3, 0.4) is 0 Å². The van der Waals surface area contributed by atoms with Gasteiger partial charge in [-0.2, -0.15) is 0 Å². The quantitative estimate of drug-likeness (QED) is 0.0363. The second-order valence-corrected chi connectivity index (χ2v) is 19.4. The van der Waals surface area contributed by atoms with Crippen molar-refractivity contribution < 1.29 is 62.2 Å². The molecule has 0 fully saturated rings. The zero-order valence-electron chi connectivity index (χ0n) is 44.4. The average Bonchev–Trinajstić information content (AvgIpc) is 3.35. The van der Waals surface area contributed by atoms with Gasteiger partial charge >= 0.3 is 18.3 Å². The number of nitrogens with one attached hydrogen (secondary N) is 8. The molecule has 0 unspecified atom stereocenters. The number of primary amides is 2. The van der Waals surface area contributed by atoms with Crippen molar-refractivity contribution in [1.29, 1.82) is 0 Å². The van der Waals surface area contributed by atoms with Crippen molar-refractivity contribution in [3.63, 3.8) is 0 Å². The summed E-state index contributed by atoms with van der Waals surface area (Å²) < 4.78 is 15.8. The molecule has 6 atom stereocenters. The van der Waals surface area contributed by atoms with Gasteiger partial charge in [-0.1, -0.05) is 94.3 Å². The van der Waals surface area contributed by atoms with Gasteiger partial charge in [-0.25, -0.2) is 14.4 Å². The highest BCUT2D eigenvalue weighted by Crippen LogP contribution is 2.12. The zero-order chi connectivity index (χ0) is 55.9. The van der Waals surface area contributed by atoms with E-state index < -0.39 is 107 Å². The Morgan fingerprint density at radius 3 is 1.40 bits per heavy atom. The largest absolute Gasteiger partial charge is 0.445 e. The van der Waals surface area contributed by atoms with Gasteiger partial charge in [0.25, 0.3) is 0 Å². The lowest BCUT2D eigenvalue weighted by atomic mass is 10.0. The number of ether oxygens (including phenoxy) is 3. The van der Waals surface area contributed by atoms with E-state index in [1.54, 1.807) is 34.6 Å². The molecule has 23 nitrogen and oxygen atoms in total. The Bertz CT molecular complexity index is 2160. The predicted octanol–water partition coefficient (Wildman–Crippen LogP) is 3.11. The van der Waals surface area contributed by atoms with E-state index in [4.69, 9.17) is 25.7 Å². The van der Waals surface area contributed by atoms with Crippen molar-refractivity contribution in [3.8, 4) is 0 Å². The fourth-order valence-corrected chi connectivity index (χ4v) is 7.11. The lowest BCUT2D eigenvalue weighted by molar-refractivity contribution is -0.135. The number of nitrogens with two attached hydrogens (primary N) is 2. The first kappa shape index (κ1) is 63.7. The highest BCUT2D eigenvalue weighted by atomic mass is 16.6. The summed E-state index contributed by atoms with van der Waals surface area (Å²) in [6.07, 6.45) is 0.0860. The van der Waals surface area contributed by atoms with Crippen LogP contribution >= 0.6 is 0 Å². The number of alkyl carbamates (subject to hydrolysis) is 3. The summed E-state index contributed by atoms with van der Waals surface area (Å²) in [5, 5.41) is 20.8. The van der Waals surface area contributed by atoms with Crippen molar-refractivity contribution in [1.82, 2.24) is 42.5 Å². The highest BCUT2D eigenvalue weighted by Gasteiger charge is 2.33. The molecule has 0 aliphatic heterocycles. The summed E-state index contributed by atoms with van der Waals surface area (Å²) in [7, 11) is 0. The normalized spacial score (nSPS) is 13.4. The minimum Gasteiger partial charge on any atom is -0.445 e. The zero-order valence-corrected chi connectivity index (χ0v) is 44.4. The molecule has 416 valence electrons. The second kappa shape index (κ2) is 34.1. The third kappa shape index (κ3) is 27.4. The molecule has 75 heavy (non-hydrogen) atoms. The van der Waals surface area contributed by atoms with Gasteiger partial charge in [-0.3, -0.25) is 33.6 Å². The van der Waals surface area contributed by atoms with Crippen LogP contribution in [0.2, 0.25) is 0 Å². The monoisotopic (exact) mass is 1050 g/mol. The van der Waals surface area contributed by atoms with Gasteiger partial charge in [-0.15, -0.1) is 0 Å². The first-order valence-electron chi connectivity index (χ1n) is 25.5. The molecule has 0 aromatic heterocycles. The summed E-state index contributed by atoms with van der Waals surface area (Å²) in [4.78, 5) is 130. The SMILES string of the molecule is CCCC[C@H](NC(=O)[C@H](CCC(N)=O)NC(=O)[C@H](CCCCNC(=O)OCc1ccccc1)NC(=O)OC(C)(C)C)C(=O)N[C@@H](C)C(=O)N[C@H](C(=O)N[C@@H](CCCCNC(=O)OCc1ccccc1)C(N)=O)C(C)C. The number of rotatable bonds is 33. The Kier molecular flexibility index (Phi) is 29.0. The van der Waals surface area contributed by atoms with Gasteiger partial charge < -0.3 is 68.2 Å². The van der Waals surface area contributed by atoms with Crippen molar-refractivity contribution in [2.75, 3.05) is 13.1 Å². The van der Waals surface area contributed by atoms with Crippen molar-refractivity contribution >= 4 is 59.6 Å². The Balaban J connectivity index is 2.07. The minimum atomic E-state index is -1.42. The lowest BCUT2D eigenvalue weighted by Crippen LogP contribution is -2.59. The predicted molar refractivity (Wildman–Crippen MR) is 277 cm³/mol. The lowest BCUT2D eigenvalue weighted by Gasteiger charge is -2.27. The molecule has 0 aliphatic rings. The topological polar surface area (TPSA) is 347 Å². The van der Waals surface area contributed by atoms with Gasteiger partial charge in [0.1, 0.15) is 55.1 Å². The first-order valence-corrected chi connectivity index (χ1v) is 25.5. The molecule has 0 radical (unpaired) electrons. The van der Waals surface area contributed by atoms with Gasteiger partial charge in [0.2, 0.25) is 41.4 Å². The molecule has 0 aliphatic carbocycles. The number of carbonyl (C=O) groups is 10. The van der Waals surface area contributed by atoms with Crippen LogP contribution in [0.25, 0.3) is 0 Å². The first-order chi connectivity index (χ1) is 35.5. The standard InChI is InChI=1S/C52H80N10O13/c1-8-9-24-38(45(66)57-34(4)44(65)62-42(33(2)3)48(69)58-37(43(54)64)25-16-18-29-55-49(70)73-31-35-20-12-10-13-21-35)59-47(68)40(27-28-41(53)63)60-46(67)39(61-51(72)75-52(5,6)7)26-17-19-30-56-50(71)74-32-36-22-14-11-15-23-36/h10-15,20-23,33-34,37-40,42H,8-9,16-19,24-32H2,1-7H3,(H2,53,63)(H2,54,64)(H,55,70)(H,56,71)(H,57,66)(H,58,69)(H,59,68)(H,60,67)(H,61,72)(H,62,65)/t34-,37-,38-,39-,40-,42-/m0/s1. The van der Waals surface area contributed by atoms with Crippen LogP contribution in [0.5, 0.6) is 0 Å². The number of hydrogen-bond acceptors (Lipinski definition) is 13. The van der Waals surface area contributed by atoms with E-state index in [2.05, 4.69) is 42.5 Å². The third-order valence-electron chi connectivity index (χ3n) is 11.3. The van der Waals surface area contributed by atoms with Crippen LogP contribution in [0.1, 0.15) is 130 Å². The summed E-state index contributed by atoms with van der Waals surface area (Å²) in [6.45, 7) is 12.1. The summed E-state index contributed by atoms with van der Waals surface area (Å²) in [5.74, 6) is -5.95. The second-order valence-electron chi connectivity index (χ2n) is 19.4. The van der Waals surface area contributed by atoms with E-state index in [-0.39, 0.29) is 58.4 Å². The molecular weight excluding hydrogens is 973 g/mol. The highest BCUT2D eigenvalue weighted by molar-refractivity contribution is 5.97. The van der Waals surface area contributed by atoms with Crippen LogP contribution in [-0.2, 0) is 61.0 Å². The molecule has 2 rings (SSSR count). The van der Waals surface area contributed by atoms with Crippen molar-refractivity contribution in [2.45, 2.75) is 174 Å². The summed E-state index contributed by atoms with van der Waals surface area (Å²) in [6, 6.07) is 10.9. The average molecular weight is 1050 g/mol. The summed E-state index contributed by atoms with van der Waals surface area (Å²) >= 11 is 0. The number of unbranched alkanes of at least 4 members (excludes halogenated alkanes) is 3. The van der Waals surface area contributed by atoms with Crippen molar-refractivity contribution in [3.05, 3.63) is 71.8 Å². The van der Waals surface area contributed by atoms with Crippen LogP contribution in [0, 0.1) is 5.92 Å². The number of carbonyl (C=O) groups excluding carboxylic acids is 10. The van der Waals surface area contributed by atoms with Crippen LogP contribution in [-0.4, -0.2) is 115 Å². The molecule has 12 N–H and O–H groups in total. The van der Waals surface area contributed by atoms with Gasteiger partial charge in [0.15, 0.2) is 0 Å². The van der Waals surface area contributed by atoms with Gasteiger partial charge in [0.05, 0.1) is 0 Å². The third-order valence-corrected chi connectivity index (χ3v) is 11.3. The Hall–Kier alpha value is -7.46. The summed E-state index contributed by atoms with van der Waals surface area (Å²) in [5.41, 5.74) is 11.8. The maximum Gasteiger partial charge on any atom is 0.408 e. The molecule has 10 amide bonds. The van der Waals surface area contributed by atoms with E-state index in [0.29, 0.717) is 38.5 Å². The van der Waals surface area contributed by atoms with Crippen molar-refractivity contribution in [2.24, 2.45) is 17.4 Å². The van der Waals surface area contributed by atoms with E-state index in [1.807, 2.05) is 67.6 Å². The minimum absolute atomic E-state index is 0.0392. The molecule has 0 bridgehead atoms. The number of benzene rings is 2. The fourth-order valence-electron chi connectivity index (χ4n) is 7.11. The smallest absolute Gasteiger partial charge is 0.408 e. The molecule has 0 saturated heterocycles. The van der Waals surface area contributed by atoms with E-state index >= 15 is 0 Å². The maximum atomic E-state index is 14.0. The van der Waals surface area contributed by atoms with E-state index in [0.717, 1.165) is 11.1 Å². The van der Waals surface area contributed by atoms with Gasteiger partial charge in [-0.05, 0) is 96.1 Å². The molecule has 2 aromatic rings. The van der Waals surface area contributed by atoms with E-state index in [1.165, 1.54) is 6.92 Å². The molecule has 2 aromatic carbocycles. The molecular formula is C52H80N10O13. The molecule has 0 heterocycles. The number of hydrogen-bond donors (Lipinski definition) is 10. The number of amides is 10.